The molecule has 1 atom stereocenters. The van der Waals surface area contributed by atoms with Crippen molar-refractivity contribution in [3.63, 3.8) is 0 Å². The van der Waals surface area contributed by atoms with Gasteiger partial charge in [0.05, 0.1) is 17.4 Å². The fourth-order valence-corrected chi connectivity index (χ4v) is 4.36. The van der Waals surface area contributed by atoms with Crippen molar-refractivity contribution in [3.8, 4) is 0 Å². The molecule has 0 N–H and O–H groups in total. The van der Waals surface area contributed by atoms with Crippen molar-refractivity contribution in [2.24, 2.45) is 0 Å². The third-order valence-electron chi connectivity index (χ3n) is 4.59. The van der Waals surface area contributed by atoms with E-state index in [1.165, 1.54) is 6.20 Å². The van der Waals surface area contributed by atoms with Crippen LogP contribution < -0.4 is 10.3 Å². The minimum absolute atomic E-state index is 0.0200. The van der Waals surface area contributed by atoms with E-state index in [0.29, 0.717) is 22.7 Å². The van der Waals surface area contributed by atoms with Gasteiger partial charge in [0, 0.05) is 22.1 Å². The Labute approximate surface area is 155 Å². The van der Waals surface area contributed by atoms with Gasteiger partial charge in [-0.3, -0.25) is 14.3 Å². The zero-order chi connectivity index (χ0) is 18.1. The number of nitrogens with zero attached hydrogens (tertiary/aromatic N) is 3. The molecule has 0 saturated carbocycles. The van der Waals surface area contributed by atoms with Crippen molar-refractivity contribution in [2.75, 3.05) is 11.4 Å². The summed E-state index contributed by atoms with van der Waals surface area (Å²) in [5.74, 6) is -0.0200. The van der Waals surface area contributed by atoms with E-state index in [4.69, 9.17) is 0 Å². The molecule has 1 unspecified atom stereocenters. The maximum atomic E-state index is 13.1. The molecule has 1 aromatic heterocycles. The zero-order valence-corrected chi connectivity index (χ0v) is 15.3. The Hall–Kier alpha value is -2.60. The predicted octanol–water partition coefficient (Wildman–Crippen LogP) is 3.31. The SMILES string of the molecule is CC1CCN(C(=O)Cn2ncc(=O)c3ccccc32)c2ccccc2S1. The molecule has 1 aliphatic heterocycles. The van der Waals surface area contributed by atoms with E-state index in [2.05, 4.69) is 18.1 Å². The molecule has 3 aromatic rings. The van der Waals surface area contributed by atoms with Gasteiger partial charge in [0.25, 0.3) is 0 Å². The molecule has 0 radical (unpaired) electrons. The van der Waals surface area contributed by atoms with Crippen LogP contribution in [0.2, 0.25) is 0 Å². The quantitative estimate of drug-likeness (QED) is 0.699. The Morgan fingerprint density at radius 2 is 1.96 bits per heavy atom. The van der Waals surface area contributed by atoms with Crippen LogP contribution in [0.25, 0.3) is 10.9 Å². The molecule has 132 valence electrons. The minimum atomic E-state index is -0.130. The van der Waals surface area contributed by atoms with E-state index in [9.17, 15) is 9.59 Å². The number of carbonyl (C=O) groups is 1. The lowest BCUT2D eigenvalue weighted by atomic mass is 10.2. The molecule has 0 spiro atoms. The van der Waals surface area contributed by atoms with Crippen molar-refractivity contribution >= 4 is 34.3 Å². The topological polar surface area (TPSA) is 55.2 Å². The Morgan fingerprint density at radius 3 is 2.85 bits per heavy atom. The second-order valence-corrected chi connectivity index (χ2v) is 7.89. The summed E-state index contributed by atoms with van der Waals surface area (Å²) in [4.78, 5) is 28.1. The maximum Gasteiger partial charge on any atom is 0.248 e. The standard InChI is InChI=1S/C20H19N3O2S/c1-14-10-11-22(17-8-4-5-9-19(17)26-14)20(25)13-23-16-7-3-2-6-15(16)18(24)12-21-23/h2-9,12,14H,10-11,13H2,1H3. The number of rotatable bonds is 2. The van der Waals surface area contributed by atoms with Gasteiger partial charge in [-0.15, -0.1) is 11.8 Å². The molecule has 0 fully saturated rings. The fourth-order valence-electron chi connectivity index (χ4n) is 3.25. The molecule has 0 saturated heterocycles. The lowest BCUT2D eigenvalue weighted by molar-refractivity contribution is -0.119. The van der Waals surface area contributed by atoms with Crippen LogP contribution in [0.1, 0.15) is 13.3 Å². The first kappa shape index (κ1) is 16.8. The molecular formula is C20H19N3O2S. The molecule has 2 aromatic carbocycles. The van der Waals surface area contributed by atoms with Gasteiger partial charge in [0.2, 0.25) is 11.3 Å². The average molecular weight is 365 g/mol. The number of para-hydroxylation sites is 2. The van der Waals surface area contributed by atoms with Crippen LogP contribution in [-0.4, -0.2) is 27.5 Å². The van der Waals surface area contributed by atoms with Gasteiger partial charge in [0.1, 0.15) is 6.54 Å². The molecule has 0 bridgehead atoms. The minimum Gasteiger partial charge on any atom is -0.310 e. The zero-order valence-electron chi connectivity index (χ0n) is 14.5. The lowest BCUT2D eigenvalue weighted by Crippen LogP contribution is -2.35. The van der Waals surface area contributed by atoms with E-state index in [0.717, 1.165) is 17.0 Å². The lowest BCUT2D eigenvalue weighted by Gasteiger charge is -2.23. The van der Waals surface area contributed by atoms with E-state index in [-0.39, 0.29) is 17.9 Å². The Bertz CT molecular complexity index is 1030. The summed E-state index contributed by atoms with van der Waals surface area (Å²) in [5.41, 5.74) is 1.51. The van der Waals surface area contributed by atoms with E-state index in [1.807, 2.05) is 53.1 Å². The van der Waals surface area contributed by atoms with Crippen molar-refractivity contribution in [1.29, 1.82) is 0 Å². The molecule has 0 aliphatic carbocycles. The summed E-state index contributed by atoms with van der Waals surface area (Å²) in [5, 5.41) is 5.23. The molecule has 6 heteroatoms. The summed E-state index contributed by atoms with van der Waals surface area (Å²) in [6.45, 7) is 2.97. The monoisotopic (exact) mass is 365 g/mol. The van der Waals surface area contributed by atoms with E-state index < -0.39 is 0 Å². The van der Waals surface area contributed by atoms with Gasteiger partial charge in [0.15, 0.2) is 0 Å². The van der Waals surface area contributed by atoms with E-state index in [1.54, 1.807) is 10.7 Å². The summed E-state index contributed by atoms with van der Waals surface area (Å²) in [6, 6.07) is 15.3. The van der Waals surface area contributed by atoms with Crippen molar-refractivity contribution in [3.05, 3.63) is 65.0 Å². The van der Waals surface area contributed by atoms with Crippen LogP contribution in [0, 0.1) is 0 Å². The number of amides is 1. The fraction of sp³-hybridized carbons (Fsp3) is 0.250. The van der Waals surface area contributed by atoms with Crippen molar-refractivity contribution in [2.45, 2.75) is 30.0 Å². The van der Waals surface area contributed by atoms with Gasteiger partial charge >= 0.3 is 0 Å². The summed E-state index contributed by atoms with van der Waals surface area (Å²) in [7, 11) is 0. The second-order valence-electron chi connectivity index (χ2n) is 6.41. The van der Waals surface area contributed by atoms with Crippen LogP contribution in [0.4, 0.5) is 5.69 Å². The van der Waals surface area contributed by atoms with Gasteiger partial charge in [-0.05, 0) is 30.7 Å². The first-order valence-corrected chi connectivity index (χ1v) is 9.52. The molecule has 5 nitrogen and oxygen atoms in total. The van der Waals surface area contributed by atoms with Gasteiger partial charge in [-0.2, -0.15) is 5.10 Å². The number of benzene rings is 2. The molecule has 1 aliphatic rings. The van der Waals surface area contributed by atoms with Gasteiger partial charge in [-0.25, -0.2) is 0 Å². The molecular weight excluding hydrogens is 346 g/mol. The Morgan fingerprint density at radius 1 is 1.19 bits per heavy atom. The number of fused-ring (bicyclic) bond motifs is 2. The highest BCUT2D eigenvalue weighted by Crippen LogP contribution is 2.37. The number of hydrogen-bond acceptors (Lipinski definition) is 4. The maximum absolute atomic E-state index is 13.1. The highest BCUT2D eigenvalue weighted by molar-refractivity contribution is 8.00. The van der Waals surface area contributed by atoms with Crippen LogP contribution >= 0.6 is 11.8 Å². The van der Waals surface area contributed by atoms with Crippen molar-refractivity contribution in [1.82, 2.24) is 9.78 Å². The highest BCUT2D eigenvalue weighted by atomic mass is 32.2. The average Bonchev–Trinajstić information content (AvgIpc) is 2.82. The first-order chi connectivity index (χ1) is 12.6. The third kappa shape index (κ3) is 3.12. The number of aromatic nitrogens is 2. The van der Waals surface area contributed by atoms with Gasteiger partial charge in [-0.1, -0.05) is 31.2 Å². The van der Waals surface area contributed by atoms with Gasteiger partial charge < -0.3 is 4.90 Å². The first-order valence-electron chi connectivity index (χ1n) is 8.64. The summed E-state index contributed by atoms with van der Waals surface area (Å²) >= 11 is 1.81. The van der Waals surface area contributed by atoms with Crippen LogP contribution in [-0.2, 0) is 11.3 Å². The Balaban J connectivity index is 1.69. The third-order valence-corrected chi connectivity index (χ3v) is 5.83. The predicted molar refractivity (Wildman–Crippen MR) is 105 cm³/mol. The van der Waals surface area contributed by atoms with E-state index >= 15 is 0 Å². The summed E-state index contributed by atoms with van der Waals surface area (Å²) in [6.07, 6.45) is 2.22. The van der Waals surface area contributed by atoms with Crippen LogP contribution in [0.5, 0.6) is 0 Å². The number of carbonyl (C=O) groups excluding carboxylic acids is 1. The largest absolute Gasteiger partial charge is 0.310 e. The number of hydrogen-bond donors (Lipinski definition) is 0. The number of anilines is 1. The molecule has 1 amide bonds. The van der Waals surface area contributed by atoms with Crippen LogP contribution in [0.3, 0.4) is 0 Å². The molecule has 2 heterocycles. The second kappa shape index (κ2) is 6.96. The smallest absolute Gasteiger partial charge is 0.248 e. The van der Waals surface area contributed by atoms with Crippen LogP contribution in [0.15, 0.2) is 64.4 Å². The highest BCUT2D eigenvalue weighted by Gasteiger charge is 2.24. The summed E-state index contributed by atoms with van der Waals surface area (Å²) < 4.78 is 1.61. The normalized spacial score (nSPS) is 17.0. The molecule has 26 heavy (non-hydrogen) atoms. The van der Waals surface area contributed by atoms with Crippen molar-refractivity contribution < 1.29 is 4.79 Å². The number of thioether (sulfide) groups is 1. The molecule has 4 rings (SSSR count). The Kier molecular flexibility index (Phi) is 4.51.